The van der Waals surface area contributed by atoms with Crippen LogP contribution in [0.25, 0.3) is 0 Å². The maximum atomic E-state index is 14.5. The van der Waals surface area contributed by atoms with E-state index in [4.69, 9.17) is 20.9 Å². The van der Waals surface area contributed by atoms with Crippen LogP contribution in [0.1, 0.15) is 17.9 Å². The van der Waals surface area contributed by atoms with Crippen molar-refractivity contribution in [2.24, 2.45) is 11.5 Å². The Balaban J connectivity index is 2.23. The lowest BCUT2D eigenvalue weighted by atomic mass is 9.82. The summed E-state index contributed by atoms with van der Waals surface area (Å²) in [7, 11) is 2.23. The van der Waals surface area contributed by atoms with Gasteiger partial charge in [-0.1, -0.05) is 12.1 Å². The number of halogens is 2. The molecule has 0 saturated carbocycles. The van der Waals surface area contributed by atoms with Crippen molar-refractivity contribution < 1.29 is 37.4 Å². The zero-order valence-electron chi connectivity index (χ0n) is 19.1. The summed E-state index contributed by atoms with van der Waals surface area (Å²) in [6.45, 7) is 0. The van der Waals surface area contributed by atoms with Crippen LogP contribution in [0.4, 0.5) is 25.0 Å². The summed E-state index contributed by atoms with van der Waals surface area (Å²) in [6, 6.07) is 9.08. The standard InChI is InChI=1S/C24H20F2N4O6/c1-34-19(31)10-18-21(23(32)35-2)20(15(11-27)22(28)36-18)12-4-3-5-14(8-12)30(24(29)33)17-7-6-13(25)9-16(17)26/h3-9,20H,10,28H2,1-2H3,(H2,29,33). The summed E-state index contributed by atoms with van der Waals surface area (Å²) in [4.78, 5) is 37.8. The number of methoxy groups -OCH3 is 2. The van der Waals surface area contributed by atoms with E-state index in [9.17, 15) is 28.4 Å². The Morgan fingerprint density at radius 3 is 2.44 bits per heavy atom. The van der Waals surface area contributed by atoms with Gasteiger partial charge in [-0.05, 0) is 29.8 Å². The predicted octanol–water partition coefficient (Wildman–Crippen LogP) is 2.98. The van der Waals surface area contributed by atoms with Gasteiger partial charge in [-0.15, -0.1) is 0 Å². The maximum Gasteiger partial charge on any atom is 0.338 e. The number of hydrogen-bond donors (Lipinski definition) is 2. The Hall–Kier alpha value is -4.92. The van der Waals surface area contributed by atoms with Crippen molar-refractivity contribution in [3.63, 3.8) is 0 Å². The summed E-state index contributed by atoms with van der Waals surface area (Å²) in [5.74, 6) is -5.33. The molecule has 12 heteroatoms. The number of nitrogens with zero attached hydrogens (tertiary/aromatic N) is 2. The molecule has 186 valence electrons. The Labute approximate surface area is 203 Å². The van der Waals surface area contributed by atoms with Crippen molar-refractivity contribution in [1.82, 2.24) is 0 Å². The van der Waals surface area contributed by atoms with Crippen LogP contribution < -0.4 is 16.4 Å². The lowest BCUT2D eigenvalue weighted by Crippen LogP contribution is -2.32. The minimum atomic E-state index is -1.19. The Morgan fingerprint density at radius 2 is 1.86 bits per heavy atom. The third-order valence-electron chi connectivity index (χ3n) is 5.27. The molecule has 4 N–H and O–H groups in total. The highest BCUT2D eigenvalue weighted by molar-refractivity contribution is 5.99. The Bertz CT molecular complexity index is 1350. The Kier molecular flexibility index (Phi) is 7.54. The molecule has 0 saturated heterocycles. The summed E-state index contributed by atoms with van der Waals surface area (Å²) in [5, 5.41) is 9.78. The second-order valence-corrected chi connectivity index (χ2v) is 7.37. The molecule has 0 bridgehead atoms. The van der Waals surface area contributed by atoms with E-state index in [0.29, 0.717) is 6.07 Å². The molecule has 1 heterocycles. The molecular formula is C24H20F2N4O6. The van der Waals surface area contributed by atoms with Gasteiger partial charge in [0, 0.05) is 6.07 Å². The first-order chi connectivity index (χ1) is 17.1. The summed E-state index contributed by atoms with van der Waals surface area (Å²) >= 11 is 0. The van der Waals surface area contributed by atoms with Crippen molar-refractivity contribution in [3.05, 3.63) is 82.5 Å². The number of primary amides is 1. The number of benzene rings is 2. The van der Waals surface area contributed by atoms with Crippen LogP contribution in [0.15, 0.2) is 65.3 Å². The summed E-state index contributed by atoms with van der Waals surface area (Å²) in [5.41, 5.74) is 11.0. The Morgan fingerprint density at radius 1 is 1.14 bits per heavy atom. The number of carbonyl (C=O) groups is 3. The minimum absolute atomic E-state index is 0.0339. The summed E-state index contributed by atoms with van der Waals surface area (Å²) < 4.78 is 42.8. The van der Waals surface area contributed by atoms with Crippen molar-refractivity contribution in [2.45, 2.75) is 12.3 Å². The van der Waals surface area contributed by atoms with Crippen molar-refractivity contribution >= 4 is 29.3 Å². The van der Waals surface area contributed by atoms with Gasteiger partial charge in [0.2, 0.25) is 5.88 Å². The van der Waals surface area contributed by atoms with Gasteiger partial charge in [0.25, 0.3) is 0 Å². The number of allylic oxidation sites excluding steroid dienone is 1. The molecule has 0 spiro atoms. The van der Waals surface area contributed by atoms with E-state index in [-0.39, 0.29) is 39.7 Å². The first-order valence-electron chi connectivity index (χ1n) is 10.2. The molecule has 0 radical (unpaired) electrons. The van der Waals surface area contributed by atoms with Gasteiger partial charge < -0.3 is 25.7 Å². The fraction of sp³-hybridized carbons (Fsp3) is 0.167. The second-order valence-electron chi connectivity index (χ2n) is 7.37. The number of hydrogen-bond acceptors (Lipinski definition) is 8. The molecule has 1 atom stereocenters. The van der Waals surface area contributed by atoms with E-state index >= 15 is 0 Å². The van der Waals surface area contributed by atoms with Gasteiger partial charge in [0.15, 0.2) is 0 Å². The molecule has 2 aromatic rings. The average molecular weight is 498 g/mol. The molecule has 3 rings (SSSR count). The normalized spacial score (nSPS) is 15.0. The van der Waals surface area contributed by atoms with Crippen LogP contribution in [0, 0.1) is 23.0 Å². The molecule has 2 amide bonds. The number of nitrogens with two attached hydrogens (primary N) is 2. The lowest BCUT2D eigenvalue weighted by Gasteiger charge is -2.28. The highest BCUT2D eigenvalue weighted by atomic mass is 19.1. The number of nitriles is 1. The maximum absolute atomic E-state index is 14.5. The molecule has 0 fully saturated rings. The fourth-order valence-corrected chi connectivity index (χ4v) is 3.71. The number of carbonyl (C=O) groups excluding carboxylic acids is 3. The molecule has 10 nitrogen and oxygen atoms in total. The van der Waals surface area contributed by atoms with E-state index in [1.165, 1.54) is 24.3 Å². The van der Waals surface area contributed by atoms with Crippen molar-refractivity contribution in [3.8, 4) is 6.07 Å². The highest BCUT2D eigenvalue weighted by Crippen LogP contribution is 2.42. The smallest absolute Gasteiger partial charge is 0.338 e. The predicted molar refractivity (Wildman–Crippen MR) is 121 cm³/mol. The van der Waals surface area contributed by atoms with E-state index in [1.807, 2.05) is 6.07 Å². The minimum Gasteiger partial charge on any atom is -0.469 e. The van der Waals surface area contributed by atoms with E-state index in [1.54, 1.807) is 0 Å². The van der Waals surface area contributed by atoms with Gasteiger partial charge in [0.1, 0.15) is 35.5 Å². The number of urea groups is 1. The van der Waals surface area contributed by atoms with Crippen LogP contribution in [0.5, 0.6) is 0 Å². The van der Waals surface area contributed by atoms with Gasteiger partial charge in [0.05, 0.1) is 37.1 Å². The van der Waals surface area contributed by atoms with Gasteiger partial charge in [-0.3, -0.25) is 9.69 Å². The largest absolute Gasteiger partial charge is 0.469 e. The first kappa shape index (κ1) is 25.7. The van der Waals surface area contributed by atoms with Gasteiger partial charge in [-0.2, -0.15) is 5.26 Å². The molecular weight excluding hydrogens is 478 g/mol. The van der Waals surface area contributed by atoms with Gasteiger partial charge in [-0.25, -0.2) is 18.4 Å². The topological polar surface area (TPSA) is 158 Å². The molecule has 0 aliphatic carbocycles. The molecule has 0 aromatic heterocycles. The SMILES string of the molecule is COC(=O)CC1=C(C(=O)OC)C(c2cccc(N(C(N)=O)c3ccc(F)cc3F)c2)C(C#N)=C(N)O1. The highest BCUT2D eigenvalue weighted by Gasteiger charge is 2.38. The number of rotatable bonds is 6. The van der Waals surface area contributed by atoms with Crippen LogP contribution in [-0.2, 0) is 23.8 Å². The van der Waals surface area contributed by atoms with Crippen molar-refractivity contribution in [1.29, 1.82) is 5.26 Å². The zero-order valence-corrected chi connectivity index (χ0v) is 19.1. The monoisotopic (exact) mass is 498 g/mol. The third-order valence-corrected chi connectivity index (χ3v) is 5.27. The van der Waals surface area contributed by atoms with Crippen LogP contribution >= 0.6 is 0 Å². The second kappa shape index (κ2) is 10.6. The van der Waals surface area contributed by atoms with E-state index in [2.05, 4.69) is 4.74 Å². The first-order valence-corrected chi connectivity index (χ1v) is 10.2. The molecule has 2 aromatic carbocycles. The van der Waals surface area contributed by atoms with Crippen molar-refractivity contribution in [2.75, 3.05) is 19.1 Å². The number of esters is 2. The van der Waals surface area contributed by atoms with Crippen LogP contribution in [0.2, 0.25) is 0 Å². The summed E-state index contributed by atoms with van der Waals surface area (Å²) in [6.07, 6.45) is -0.495. The quantitative estimate of drug-likeness (QED) is 0.575. The zero-order chi connectivity index (χ0) is 26.6. The van der Waals surface area contributed by atoms with E-state index < -0.39 is 41.9 Å². The van der Waals surface area contributed by atoms with E-state index in [0.717, 1.165) is 31.3 Å². The number of amides is 2. The molecule has 1 aliphatic rings. The van der Waals surface area contributed by atoms with Gasteiger partial charge >= 0.3 is 18.0 Å². The third kappa shape index (κ3) is 4.95. The number of anilines is 2. The average Bonchev–Trinajstić information content (AvgIpc) is 2.84. The number of ether oxygens (including phenoxy) is 3. The molecule has 1 aliphatic heterocycles. The van der Waals surface area contributed by atoms with Crippen LogP contribution in [-0.4, -0.2) is 32.2 Å². The fourth-order valence-electron chi connectivity index (χ4n) is 3.71. The lowest BCUT2D eigenvalue weighted by molar-refractivity contribution is -0.140. The molecule has 36 heavy (non-hydrogen) atoms. The van der Waals surface area contributed by atoms with Crippen LogP contribution in [0.3, 0.4) is 0 Å². The molecule has 1 unspecified atom stereocenters.